The molecule has 0 atom stereocenters. The van der Waals surface area contributed by atoms with Crippen LogP contribution in [0.5, 0.6) is 0 Å². The third kappa shape index (κ3) is 5.78. The zero-order chi connectivity index (χ0) is 17.8. The van der Waals surface area contributed by atoms with Crippen molar-refractivity contribution in [3.63, 3.8) is 0 Å². The van der Waals surface area contributed by atoms with Crippen molar-refractivity contribution in [1.82, 2.24) is 15.2 Å². The van der Waals surface area contributed by atoms with Crippen molar-refractivity contribution in [2.45, 2.75) is 64.0 Å². The first-order chi connectivity index (χ1) is 12.0. The average Bonchev–Trinajstić information content (AvgIpc) is 3.22. The van der Waals surface area contributed by atoms with Gasteiger partial charge in [-0.05, 0) is 51.4 Å². The summed E-state index contributed by atoms with van der Waals surface area (Å²) >= 11 is 1.65. The Hall–Kier alpha value is -1.47. The number of carbonyl (C=O) groups excluding carboxylic acids is 1. The number of carboxylic acid groups (broad SMARTS) is 1. The van der Waals surface area contributed by atoms with Gasteiger partial charge in [-0.2, -0.15) is 0 Å². The molecule has 2 fully saturated rings. The van der Waals surface area contributed by atoms with Gasteiger partial charge in [-0.15, -0.1) is 11.3 Å². The fourth-order valence-corrected chi connectivity index (χ4v) is 4.19. The Morgan fingerprint density at radius 2 is 2.16 bits per heavy atom. The van der Waals surface area contributed by atoms with Crippen LogP contribution in [0.25, 0.3) is 0 Å². The lowest BCUT2D eigenvalue weighted by atomic mass is 9.85. The number of hydrogen-bond donors (Lipinski definition) is 2. The third-order valence-corrected chi connectivity index (χ3v) is 6.01. The third-order valence-electron chi connectivity index (χ3n) is 4.98. The summed E-state index contributed by atoms with van der Waals surface area (Å²) in [6.07, 6.45) is 6.40. The van der Waals surface area contributed by atoms with Crippen LogP contribution in [0.1, 0.15) is 49.2 Å². The number of carbonyl (C=O) groups is 2. The topological polar surface area (TPSA) is 82.5 Å². The number of rotatable bonds is 10. The van der Waals surface area contributed by atoms with Crippen molar-refractivity contribution in [3.8, 4) is 0 Å². The monoisotopic (exact) mass is 365 g/mol. The summed E-state index contributed by atoms with van der Waals surface area (Å²) in [5, 5.41) is 15.3. The lowest BCUT2D eigenvalue weighted by Gasteiger charge is -2.42. The predicted octanol–water partition coefficient (Wildman–Crippen LogP) is 2.22. The van der Waals surface area contributed by atoms with Gasteiger partial charge in [0.2, 0.25) is 5.91 Å². The lowest BCUT2D eigenvalue weighted by molar-refractivity contribution is -0.140. The molecular formula is C18H27N3O3S. The van der Waals surface area contributed by atoms with E-state index in [1.54, 1.807) is 11.3 Å². The molecule has 1 aromatic rings. The number of aryl methyl sites for hydroxylation is 2. The van der Waals surface area contributed by atoms with Crippen molar-refractivity contribution in [3.05, 3.63) is 16.1 Å². The van der Waals surface area contributed by atoms with Crippen LogP contribution in [0, 0.1) is 12.8 Å². The number of hydrogen-bond acceptors (Lipinski definition) is 5. The number of nitrogens with zero attached hydrogens (tertiary/aromatic N) is 2. The maximum atomic E-state index is 12.0. The van der Waals surface area contributed by atoms with E-state index < -0.39 is 5.97 Å². The van der Waals surface area contributed by atoms with Crippen LogP contribution in [0.4, 0.5) is 0 Å². The van der Waals surface area contributed by atoms with Gasteiger partial charge in [0, 0.05) is 36.1 Å². The van der Waals surface area contributed by atoms with Crippen LogP contribution in [0.15, 0.2) is 5.38 Å². The Kier molecular flexibility index (Phi) is 6.06. The van der Waals surface area contributed by atoms with E-state index >= 15 is 0 Å². The summed E-state index contributed by atoms with van der Waals surface area (Å²) in [5.74, 6) is 0.0248. The average molecular weight is 365 g/mol. The van der Waals surface area contributed by atoms with Gasteiger partial charge in [0.15, 0.2) is 0 Å². The molecule has 2 saturated carbocycles. The molecule has 7 heteroatoms. The van der Waals surface area contributed by atoms with Crippen LogP contribution >= 0.6 is 11.3 Å². The molecule has 6 nitrogen and oxygen atoms in total. The summed E-state index contributed by atoms with van der Waals surface area (Å²) in [4.78, 5) is 29.6. The van der Waals surface area contributed by atoms with Crippen molar-refractivity contribution < 1.29 is 14.7 Å². The fourth-order valence-electron chi connectivity index (χ4n) is 3.37. The maximum absolute atomic E-state index is 12.0. The van der Waals surface area contributed by atoms with Gasteiger partial charge >= 0.3 is 5.97 Å². The summed E-state index contributed by atoms with van der Waals surface area (Å²) < 4.78 is 0. The molecule has 0 unspecified atom stereocenters. The number of carboxylic acids is 1. The first-order valence-electron chi connectivity index (χ1n) is 9.16. The zero-order valence-corrected chi connectivity index (χ0v) is 15.6. The van der Waals surface area contributed by atoms with Crippen LogP contribution in [-0.2, 0) is 16.0 Å². The van der Waals surface area contributed by atoms with E-state index in [0.717, 1.165) is 42.9 Å². The van der Waals surface area contributed by atoms with Gasteiger partial charge in [0.05, 0.1) is 11.6 Å². The molecule has 0 saturated heterocycles. The molecule has 0 aromatic carbocycles. The molecule has 3 rings (SSSR count). The number of thiazole rings is 1. The first-order valence-corrected chi connectivity index (χ1v) is 10.0. The molecule has 0 aliphatic heterocycles. The van der Waals surface area contributed by atoms with Gasteiger partial charge in [-0.1, -0.05) is 0 Å². The van der Waals surface area contributed by atoms with Crippen molar-refractivity contribution in [1.29, 1.82) is 0 Å². The molecule has 2 aliphatic rings. The molecule has 1 heterocycles. The van der Waals surface area contributed by atoms with Gasteiger partial charge in [0.1, 0.15) is 0 Å². The minimum atomic E-state index is -0.759. The zero-order valence-electron chi connectivity index (χ0n) is 14.7. The molecule has 138 valence electrons. The molecule has 0 radical (unpaired) electrons. The second-order valence-electron chi connectivity index (χ2n) is 7.39. The van der Waals surface area contributed by atoms with E-state index in [1.165, 1.54) is 12.8 Å². The predicted molar refractivity (Wildman–Crippen MR) is 96.7 cm³/mol. The number of aromatic nitrogens is 1. The second-order valence-corrected chi connectivity index (χ2v) is 8.34. The van der Waals surface area contributed by atoms with E-state index in [1.807, 2.05) is 12.3 Å². The van der Waals surface area contributed by atoms with E-state index in [0.29, 0.717) is 18.4 Å². The largest absolute Gasteiger partial charge is 0.480 e. The second kappa shape index (κ2) is 8.27. The first kappa shape index (κ1) is 18.3. The number of amides is 1. The molecule has 1 amide bonds. The highest BCUT2D eigenvalue weighted by atomic mass is 32.1. The lowest BCUT2D eigenvalue weighted by Crippen LogP contribution is -2.55. The number of nitrogens with one attached hydrogen (secondary N) is 1. The minimum Gasteiger partial charge on any atom is -0.480 e. The smallest absolute Gasteiger partial charge is 0.317 e. The summed E-state index contributed by atoms with van der Waals surface area (Å²) in [6.45, 7) is 3.00. The Balaban J connectivity index is 1.32. The SMILES string of the molecule is Cc1csc(CCCC(=O)NC2CC(N(CC(=O)O)CC3CC3)C2)n1. The van der Waals surface area contributed by atoms with Gasteiger partial charge in [-0.3, -0.25) is 14.5 Å². The molecule has 0 bridgehead atoms. The normalized spacial score (nSPS) is 22.6. The fraction of sp³-hybridized carbons (Fsp3) is 0.722. The van der Waals surface area contributed by atoms with E-state index in [-0.39, 0.29) is 18.5 Å². The summed E-state index contributed by atoms with van der Waals surface area (Å²) in [5.41, 5.74) is 1.04. The van der Waals surface area contributed by atoms with E-state index in [2.05, 4.69) is 15.2 Å². The Morgan fingerprint density at radius 1 is 1.40 bits per heavy atom. The van der Waals surface area contributed by atoms with Gasteiger partial charge < -0.3 is 10.4 Å². The van der Waals surface area contributed by atoms with Gasteiger partial charge in [-0.25, -0.2) is 4.98 Å². The molecule has 0 spiro atoms. The Bertz CT molecular complexity index is 608. The van der Waals surface area contributed by atoms with Crippen LogP contribution < -0.4 is 5.32 Å². The standard InChI is InChI=1S/C18H27N3O3S/c1-12-11-25-17(19-12)4-2-3-16(22)20-14-7-15(8-14)21(10-18(23)24)9-13-5-6-13/h11,13-15H,2-10H2,1H3,(H,20,22)(H,23,24). The highest BCUT2D eigenvalue weighted by molar-refractivity contribution is 7.09. The van der Waals surface area contributed by atoms with Crippen LogP contribution in [0.2, 0.25) is 0 Å². The molecule has 25 heavy (non-hydrogen) atoms. The molecule has 1 aromatic heterocycles. The highest BCUT2D eigenvalue weighted by Gasteiger charge is 2.37. The minimum absolute atomic E-state index is 0.101. The summed E-state index contributed by atoms with van der Waals surface area (Å²) in [6, 6.07) is 0.510. The van der Waals surface area contributed by atoms with E-state index in [9.17, 15) is 9.59 Å². The Morgan fingerprint density at radius 3 is 2.76 bits per heavy atom. The van der Waals surface area contributed by atoms with E-state index in [4.69, 9.17) is 5.11 Å². The highest BCUT2D eigenvalue weighted by Crippen LogP contribution is 2.33. The van der Waals surface area contributed by atoms with Crippen LogP contribution in [-0.4, -0.2) is 52.0 Å². The van der Waals surface area contributed by atoms with Gasteiger partial charge in [0.25, 0.3) is 0 Å². The Labute approximate surface area is 152 Å². The maximum Gasteiger partial charge on any atom is 0.317 e. The molecule has 2 aliphatic carbocycles. The van der Waals surface area contributed by atoms with Crippen molar-refractivity contribution in [2.24, 2.45) is 5.92 Å². The summed E-state index contributed by atoms with van der Waals surface area (Å²) in [7, 11) is 0. The number of aliphatic carboxylic acids is 1. The van der Waals surface area contributed by atoms with Crippen molar-refractivity contribution in [2.75, 3.05) is 13.1 Å². The van der Waals surface area contributed by atoms with Crippen molar-refractivity contribution >= 4 is 23.2 Å². The molecule has 2 N–H and O–H groups in total. The quantitative estimate of drug-likeness (QED) is 0.664. The van der Waals surface area contributed by atoms with Crippen LogP contribution in [0.3, 0.4) is 0 Å². The molecular weight excluding hydrogens is 338 g/mol.